The molecule has 0 atom stereocenters. The van der Waals surface area contributed by atoms with E-state index in [-0.39, 0.29) is 18.0 Å². The average molecular weight is 292 g/mol. The first kappa shape index (κ1) is 17.2. The first-order valence-corrected chi connectivity index (χ1v) is 6.94. The number of unbranched alkanes of at least 4 members (excludes halogenated alkanes) is 2. The maximum atomic E-state index is 13.3. The van der Waals surface area contributed by atoms with Crippen LogP contribution in [0.5, 0.6) is 0 Å². The summed E-state index contributed by atoms with van der Waals surface area (Å²) in [7, 11) is 1.66. The average Bonchev–Trinajstić information content (AvgIpc) is 2.49. The molecule has 0 unspecified atom stereocenters. The van der Waals surface area contributed by atoms with Crippen LogP contribution in [0.4, 0.5) is 4.39 Å². The van der Waals surface area contributed by atoms with Gasteiger partial charge >= 0.3 is 0 Å². The smallest absolute Gasteiger partial charge is 0.252 e. The number of amides is 1. The van der Waals surface area contributed by atoms with Gasteiger partial charge in [-0.2, -0.15) is 0 Å². The van der Waals surface area contributed by atoms with Crippen LogP contribution in [0.3, 0.4) is 0 Å². The number of halogens is 1. The van der Waals surface area contributed by atoms with Crippen molar-refractivity contribution in [2.24, 2.45) is 5.73 Å². The predicted octanol–water partition coefficient (Wildman–Crippen LogP) is 1.68. The molecule has 1 amide bonds. The van der Waals surface area contributed by atoms with E-state index in [1.807, 2.05) is 0 Å². The van der Waals surface area contributed by atoms with Gasteiger partial charge < -0.3 is 15.8 Å². The fraction of sp³-hybridized carbons (Fsp3) is 0.438. The largest absolute Gasteiger partial charge is 0.385 e. The molecule has 0 bridgehead atoms. The molecule has 0 heterocycles. The van der Waals surface area contributed by atoms with Crippen LogP contribution in [-0.2, 0) is 4.74 Å². The van der Waals surface area contributed by atoms with Crippen molar-refractivity contribution in [3.63, 3.8) is 0 Å². The van der Waals surface area contributed by atoms with Gasteiger partial charge in [-0.25, -0.2) is 4.39 Å². The molecule has 5 heteroatoms. The van der Waals surface area contributed by atoms with Gasteiger partial charge in [0, 0.05) is 25.8 Å². The first-order chi connectivity index (χ1) is 10.2. The minimum absolute atomic E-state index is 0.192. The molecule has 1 rings (SSSR count). The Bertz CT molecular complexity index is 521. The molecular weight excluding hydrogens is 271 g/mol. The fourth-order valence-electron chi connectivity index (χ4n) is 1.80. The Hall–Kier alpha value is -1.90. The highest BCUT2D eigenvalue weighted by Crippen LogP contribution is 2.10. The Kier molecular flexibility index (Phi) is 8.10. The van der Waals surface area contributed by atoms with Crippen molar-refractivity contribution < 1.29 is 13.9 Å². The monoisotopic (exact) mass is 292 g/mol. The maximum absolute atomic E-state index is 13.3. The van der Waals surface area contributed by atoms with Gasteiger partial charge in [-0.1, -0.05) is 11.8 Å². The second-order valence-electron chi connectivity index (χ2n) is 4.51. The second-order valence-corrected chi connectivity index (χ2v) is 4.51. The van der Waals surface area contributed by atoms with E-state index in [2.05, 4.69) is 17.2 Å². The third-order valence-electron chi connectivity index (χ3n) is 2.86. The highest BCUT2D eigenvalue weighted by Gasteiger charge is 2.10. The summed E-state index contributed by atoms with van der Waals surface area (Å²) in [5.74, 6) is 4.67. The zero-order chi connectivity index (χ0) is 15.5. The summed E-state index contributed by atoms with van der Waals surface area (Å²) < 4.78 is 18.2. The fourth-order valence-corrected chi connectivity index (χ4v) is 1.80. The number of hydrogen-bond donors (Lipinski definition) is 2. The normalized spacial score (nSPS) is 9.86. The van der Waals surface area contributed by atoms with E-state index in [4.69, 9.17) is 10.5 Å². The molecule has 0 aromatic heterocycles. The Morgan fingerprint density at radius 1 is 1.38 bits per heavy atom. The van der Waals surface area contributed by atoms with Gasteiger partial charge in [-0.05, 0) is 37.5 Å². The van der Waals surface area contributed by atoms with Gasteiger partial charge in [0.2, 0.25) is 0 Å². The Morgan fingerprint density at radius 3 is 2.90 bits per heavy atom. The van der Waals surface area contributed by atoms with Crippen LogP contribution < -0.4 is 11.1 Å². The molecule has 0 radical (unpaired) electrons. The topological polar surface area (TPSA) is 64.3 Å². The lowest BCUT2D eigenvalue weighted by molar-refractivity contribution is 0.0952. The quantitative estimate of drug-likeness (QED) is 0.593. The lowest BCUT2D eigenvalue weighted by Crippen LogP contribution is -2.25. The van der Waals surface area contributed by atoms with Crippen molar-refractivity contribution >= 4 is 5.91 Å². The third kappa shape index (κ3) is 6.39. The van der Waals surface area contributed by atoms with E-state index >= 15 is 0 Å². The SMILES string of the molecule is COCCCCCNC(=O)c1cc(F)ccc1C#CCN. The Balaban J connectivity index is 2.58. The summed E-state index contributed by atoms with van der Waals surface area (Å²) in [4.78, 5) is 12.1. The van der Waals surface area contributed by atoms with E-state index in [1.54, 1.807) is 7.11 Å². The van der Waals surface area contributed by atoms with Crippen LogP contribution in [0.1, 0.15) is 35.2 Å². The highest BCUT2D eigenvalue weighted by atomic mass is 19.1. The lowest BCUT2D eigenvalue weighted by atomic mass is 10.1. The van der Waals surface area contributed by atoms with Gasteiger partial charge in [-0.3, -0.25) is 4.79 Å². The van der Waals surface area contributed by atoms with Crippen molar-refractivity contribution in [1.82, 2.24) is 5.32 Å². The second kappa shape index (κ2) is 9.92. The van der Waals surface area contributed by atoms with E-state index in [1.165, 1.54) is 18.2 Å². The Morgan fingerprint density at radius 2 is 2.19 bits per heavy atom. The molecule has 3 N–H and O–H groups in total. The molecule has 114 valence electrons. The molecule has 0 aliphatic heterocycles. The summed E-state index contributed by atoms with van der Waals surface area (Å²) >= 11 is 0. The molecule has 0 saturated heterocycles. The minimum atomic E-state index is -0.460. The van der Waals surface area contributed by atoms with Gasteiger partial charge in [0.05, 0.1) is 12.1 Å². The number of nitrogens with two attached hydrogens (primary N) is 1. The summed E-state index contributed by atoms with van der Waals surface area (Å²) in [5.41, 5.74) is 6.04. The number of ether oxygens (including phenoxy) is 1. The van der Waals surface area contributed by atoms with Gasteiger partial charge in [0.15, 0.2) is 0 Å². The van der Waals surface area contributed by atoms with E-state index in [0.717, 1.165) is 25.9 Å². The van der Waals surface area contributed by atoms with Crippen LogP contribution in [0.2, 0.25) is 0 Å². The van der Waals surface area contributed by atoms with Crippen LogP contribution in [-0.4, -0.2) is 32.7 Å². The molecule has 1 aromatic rings. The summed E-state index contributed by atoms with van der Waals surface area (Å²) in [6.45, 7) is 1.46. The first-order valence-electron chi connectivity index (χ1n) is 6.94. The minimum Gasteiger partial charge on any atom is -0.385 e. The molecule has 0 aliphatic rings. The summed E-state index contributed by atoms with van der Waals surface area (Å²) in [6.07, 6.45) is 2.78. The number of nitrogens with one attached hydrogen (secondary N) is 1. The summed E-state index contributed by atoms with van der Waals surface area (Å²) in [5, 5.41) is 2.77. The van der Waals surface area contributed by atoms with Crippen molar-refractivity contribution in [1.29, 1.82) is 0 Å². The molecule has 4 nitrogen and oxygen atoms in total. The number of methoxy groups -OCH3 is 1. The standard InChI is InChI=1S/C16H21FN2O2/c1-21-11-4-2-3-10-19-16(20)15-12-14(17)8-7-13(15)6-5-9-18/h7-8,12H,2-4,9-11,18H2,1H3,(H,19,20). The molecule has 0 saturated carbocycles. The number of benzene rings is 1. The molecule has 0 spiro atoms. The van der Waals surface area contributed by atoms with Crippen molar-refractivity contribution in [2.75, 3.05) is 26.8 Å². The molecule has 21 heavy (non-hydrogen) atoms. The van der Waals surface area contributed by atoms with Crippen LogP contribution in [0.15, 0.2) is 18.2 Å². The number of carbonyl (C=O) groups excluding carboxylic acids is 1. The van der Waals surface area contributed by atoms with Crippen LogP contribution >= 0.6 is 0 Å². The van der Waals surface area contributed by atoms with Crippen LogP contribution in [0.25, 0.3) is 0 Å². The zero-order valence-corrected chi connectivity index (χ0v) is 12.2. The number of rotatable bonds is 7. The number of hydrogen-bond acceptors (Lipinski definition) is 3. The van der Waals surface area contributed by atoms with Gasteiger partial charge in [0.1, 0.15) is 5.82 Å². The molecule has 0 fully saturated rings. The van der Waals surface area contributed by atoms with E-state index in [0.29, 0.717) is 12.1 Å². The lowest BCUT2D eigenvalue weighted by Gasteiger charge is -2.07. The van der Waals surface area contributed by atoms with Crippen LogP contribution in [0, 0.1) is 17.7 Å². The van der Waals surface area contributed by atoms with E-state index in [9.17, 15) is 9.18 Å². The van der Waals surface area contributed by atoms with Gasteiger partial charge in [0.25, 0.3) is 5.91 Å². The molecule has 0 aliphatic carbocycles. The van der Waals surface area contributed by atoms with Crippen molar-refractivity contribution in [2.45, 2.75) is 19.3 Å². The van der Waals surface area contributed by atoms with Gasteiger partial charge in [-0.15, -0.1) is 0 Å². The number of carbonyl (C=O) groups is 1. The van der Waals surface area contributed by atoms with Crippen molar-refractivity contribution in [3.8, 4) is 11.8 Å². The zero-order valence-electron chi connectivity index (χ0n) is 12.2. The summed E-state index contributed by atoms with van der Waals surface area (Å²) in [6, 6.07) is 3.97. The Labute approximate surface area is 124 Å². The van der Waals surface area contributed by atoms with E-state index < -0.39 is 5.82 Å². The molecular formula is C16H21FN2O2. The van der Waals surface area contributed by atoms with Crippen molar-refractivity contribution in [3.05, 3.63) is 35.1 Å². The maximum Gasteiger partial charge on any atom is 0.252 e. The predicted molar refractivity (Wildman–Crippen MR) is 80.4 cm³/mol. The highest BCUT2D eigenvalue weighted by molar-refractivity contribution is 5.96. The molecule has 1 aromatic carbocycles. The third-order valence-corrected chi connectivity index (χ3v) is 2.86.